The molecule has 86 valence electrons. The summed E-state index contributed by atoms with van der Waals surface area (Å²) < 4.78 is 13.3. The van der Waals surface area contributed by atoms with Crippen LogP contribution >= 0.6 is 0 Å². The third-order valence-electron chi connectivity index (χ3n) is 2.84. The molecule has 0 radical (unpaired) electrons. The van der Waals surface area contributed by atoms with Gasteiger partial charge in [0.15, 0.2) is 0 Å². The van der Waals surface area contributed by atoms with Crippen LogP contribution in [0.3, 0.4) is 0 Å². The maximum Gasteiger partial charge on any atom is 0.227 e. The number of benzene rings is 1. The highest BCUT2D eigenvalue weighted by molar-refractivity contribution is 5.92. The van der Waals surface area contributed by atoms with Crippen LogP contribution in [0.1, 0.15) is 12.8 Å². The van der Waals surface area contributed by atoms with Crippen LogP contribution in [-0.4, -0.2) is 19.0 Å². The van der Waals surface area contributed by atoms with E-state index in [0.717, 1.165) is 25.9 Å². The van der Waals surface area contributed by atoms with Gasteiger partial charge in [0.1, 0.15) is 5.82 Å². The molecule has 0 aliphatic carbocycles. The Kier molecular flexibility index (Phi) is 3.51. The van der Waals surface area contributed by atoms with Gasteiger partial charge in [-0.05, 0) is 38.1 Å². The standard InChI is InChI=1S/C12H15FN2O/c13-10-3-1-2-4-11(10)15-12(16)9-5-7-14-8-6-9/h1-4,9,14H,5-8H2,(H,15,16). The quantitative estimate of drug-likeness (QED) is 0.800. The molecule has 1 aromatic carbocycles. The molecular weight excluding hydrogens is 207 g/mol. The summed E-state index contributed by atoms with van der Waals surface area (Å²) in [5.74, 6) is -0.461. The second-order valence-corrected chi connectivity index (χ2v) is 3.99. The second kappa shape index (κ2) is 5.07. The predicted molar refractivity (Wildman–Crippen MR) is 60.6 cm³/mol. The Balaban J connectivity index is 1.99. The highest BCUT2D eigenvalue weighted by Gasteiger charge is 2.21. The number of amides is 1. The lowest BCUT2D eigenvalue weighted by molar-refractivity contribution is -0.120. The van der Waals surface area contributed by atoms with E-state index in [1.807, 2.05) is 0 Å². The minimum atomic E-state index is -0.384. The van der Waals surface area contributed by atoms with Gasteiger partial charge in [0.05, 0.1) is 5.69 Å². The van der Waals surface area contributed by atoms with Crippen LogP contribution < -0.4 is 10.6 Å². The number of hydrogen-bond donors (Lipinski definition) is 2. The molecule has 4 heteroatoms. The molecule has 1 aliphatic rings. The smallest absolute Gasteiger partial charge is 0.227 e. The minimum absolute atomic E-state index is 0.000793. The van der Waals surface area contributed by atoms with Crippen molar-refractivity contribution >= 4 is 11.6 Å². The number of carbonyl (C=O) groups is 1. The molecule has 0 unspecified atom stereocenters. The van der Waals surface area contributed by atoms with Gasteiger partial charge in [-0.15, -0.1) is 0 Å². The number of anilines is 1. The lowest BCUT2D eigenvalue weighted by atomic mass is 9.97. The topological polar surface area (TPSA) is 41.1 Å². The molecule has 1 saturated heterocycles. The van der Waals surface area contributed by atoms with Gasteiger partial charge in [0.2, 0.25) is 5.91 Å². The van der Waals surface area contributed by atoms with Gasteiger partial charge in [-0.25, -0.2) is 4.39 Å². The fourth-order valence-corrected chi connectivity index (χ4v) is 1.88. The molecule has 0 spiro atoms. The first kappa shape index (κ1) is 11.1. The van der Waals surface area contributed by atoms with E-state index in [0.29, 0.717) is 0 Å². The number of carbonyl (C=O) groups excluding carboxylic acids is 1. The Morgan fingerprint density at radius 3 is 2.69 bits per heavy atom. The zero-order chi connectivity index (χ0) is 11.4. The molecule has 0 aromatic heterocycles. The van der Waals surface area contributed by atoms with Crippen molar-refractivity contribution in [1.29, 1.82) is 0 Å². The highest BCUT2D eigenvalue weighted by Crippen LogP contribution is 2.17. The molecule has 2 N–H and O–H groups in total. The highest BCUT2D eigenvalue weighted by atomic mass is 19.1. The van der Waals surface area contributed by atoms with Crippen LogP contribution in [0.2, 0.25) is 0 Å². The van der Waals surface area contributed by atoms with Crippen LogP contribution in [0, 0.1) is 11.7 Å². The molecule has 3 nitrogen and oxygen atoms in total. The minimum Gasteiger partial charge on any atom is -0.323 e. The van der Waals surface area contributed by atoms with E-state index in [9.17, 15) is 9.18 Å². The summed E-state index contributed by atoms with van der Waals surface area (Å²) in [6.07, 6.45) is 1.64. The first-order valence-electron chi connectivity index (χ1n) is 5.53. The summed E-state index contributed by atoms with van der Waals surface area (Å²) >= 11 is 0. The molecule has 1 fully saturated rings. The summed E-state index contributed by atoms with van der Waals surface area (Å²) in [6, 6.07) is 6.24. The lowest BCUT2D eigenvalue weighted by Gasteiger charge is -2.21. The van der Waals surface area contributed by atoms with E-state index >= 15 is 0 Å². The molecular formula is C12H15FN2O. The number of nitrogens with one attached hydrogen (secondary N) is 2. The zero-order valence-electron chi connectivity index (χ0n) is 9.00. The number of rotatable bonds is 2. The predicted octanol–water partition coefficient (Wildman–Crippen LogP) is 1.76. The normalized spacial score (nSPS) is 17.1. The van der Waals surface area contributed by atoms with Crippen LogP contribution in [-0.2, 0) is 4.79 Å². The molecule has 0 atom stereocenters. The van der Waals surface area contributed by atoms with E-state index in [4.69, 9.17) is 0 Å². The Bertz CT molecular complexity index is 375. The van der Waals surface area contributed by atoms with Gasteiger partial charge in [0, 0.05) is 5.92 Å². The summed E-state index contributed by atoms with van der Waals surface area (Å²) in [6.45, 7) is 1.71. The summed E-state index contributed by atoms with van der Waals surface area (Å²) in [5, 5.41) is 5.83. The summed E-state index contributed by atoms with van der Waals surface area (Å²) in [5.41, 5.74) is 0.269. The van der Waals surface area contributed by atoms with Crippen molar-refractivity contribution in [2.75, 3.05) is 18.4 Å². The Hall–Kier alpha value is -1.42. The van der Waals surface area contributed by atoms with E-state index < -0.39 is 0 Å². The van der Waals surface area contributed by atoms with Crippen molar-refractivity contribution in [3.8, 4) is 0 Å². The summed E-state index contributed by atoms with van der Waals surface area (Å²) in [7, 11) is 0. The largest absolute Gasteiger partial charge is 0.323 e. The maximum absolute atomic E-state index is 13.3. The van der Waals surface area contributed by atoms with Crippen LogP contribution in [0.4, 0.5) is 10.1 Å². The fourth-order valence-electron chi connectivity index (χ4n) is 1.88. The lowest BCUT2D eigenvalue weighted by Crippen LogP contribution is -2.34. The van der Waals surface area contributed by atoms with Gasteiger partial charge < -0.3 is 10.6 Å². The van der Waals surface area contributed by atoms with Crippen LogP contribution in [0.25, 0.3) is 0 Å². The average molecular weight is 222 g/mol. The number of piperidine rings is 1. The van der Waals surface area contributed by atoms with E-state index in [-0.39, 0.29) is 23.3 Å². The molecule has 2 rings (SSSR count). The molecule has 1 heterocycles. The third kappa shape index (κ3) is 2.58. The van der Waals surface area contributed by atoms with E-state index in [1.165, 1.54) is 6.07 Å². The van der Waals surface area contributed by atoms with Crippen molar-refractivity contribution in [2.24, 2.45) is 5.92 Å². The third-order valence-corrected chi connectivity index (χ3v) is 2.84. The molecule has 1 amide bonds. The molecule has 0 saturated carbocycles. The first-order valence-corrected chi connectivity index (χ1v) is 5.53. The number of hydrogen-bond acceptors (Lipinski definition) is 2. The Labute approximate surface area is 94.0 Å². The molecule has 1 aliphatic heterocycles. The number of halogens is 1. The van der Waals surface area contributed by atoms with E-state index in [1.54, 1.807) is 18.2 Å². The van der Waals surface area contributed by atoms with Crippen molar-refractivity contribution < 1.29 is 9.18 Å². The van der Waals surface area contributed by atoms with E-state index in [2.05, 4.69) is 10.6 Å². The Morgan fingerprint density at radius 2 is 2.00 bits per heavy atom. The second-order valence-electron chi connectivity index (χ2n) is 3.99. The van der Waals surface area contributed by atoms with Crippen molar-refractivity contribution in [3.05, 3.63) is 30.1 Å². The van der Waals surface area contributed by atoms with Gasteiger partial charge in [-0.1, -0.05) is 12.1 Å². The van der Waals surface area contributed by atoms with Gasteiger partial charge in [0.25, 0.3) is 0 Å². The van der Waals surface area contributed by atoms with Gasteiger partial charge in [-0.2, -0.15) is 0 Å². The van der Waals surface area contributed by atoms with Crippen molar-refractivity contribution in [2.45, 2.75) is 12.8 Å². The summed E-state index contributed by atoms with van der Waals surface area (Å²) in [4.78, 5) is 11.8. The Morgan fingerprint density at radius 1 is 1.31 bits per heavy atom. The number of para-hydroxylation sites is 1. The van der Waals surface area contributed by atoms with Gasteiger partial charge >= 0.3 is 0 Å². The molecule has 16 heavy (non-hydrogen) atoms. The monoisotopic (exact) mass is 222 g/mol. The zero-order valence-corrected chi connectivity index (χ0v) is 9.00. The first-order chi connectivity index (χ1) is 7.77. The maximum atomic E-state index is 13.3. The molecule has 0 bridgehead atoms. The fraction of sp³-hybridized carbons (Fsp3) is 0.417. The van der Waals surface area contributed by atoms with Crippen molar-refractivity contribution in [1.82, 2.24) is 5.32 Å². The van der Waals surface area contributed by atoms with Crippen LogP contribution in [0.15, 0.2) is 24.3 Å². The van der Waals surface area contributed by atoms with Crippen molar-refractivity contribution in [3.63, 3.8) is 0 Å². The van der Waals surface area contributed by atoms with Gasteiger partial charge in [-0.3, -0.25) is 4.79 Å². The molecule has 1 aromatic rings. The SMILES string of the molecule is O=C(Nc1ccccc1F)C1CCNCC1. The van der Waals surface area contributed by atoms with Crippen LogP contribution in [0.5, 0.6) is 0 Å². The average Bonchev–Trinajstić information content (AvgIpc) is 2.33.